The van der Waals surface area contributed by atoms with Crippen LogP contribution in [0.4, 0.5) is 0 Å². The molecule has 106 valence electrons. The van der Waals surface area contributed by atoms with Gasteiger partial charge in [-0.25, -0.2) is 4.98 Å². The maximum atomic E-state index is 12.1. The van der Waals surface area contributed by atoms with Gasteiger partial charge in [-0.2, -0.15) is 0 Å². The van der Waals surface area contributed by atoms with E-state index in [1.807, 2.05) is 66.8 Å². The highest BCUT2D eigenvalue weighted by atomic mass is 127. The number of ether oxygens (including phenoxy) is 1. The quantitative estimate of drug-likeness (QED) is 0.825. The van der Waals surface area contributed by atoms with Gasteiger partial charge in [-0.05, 0) is 42.0 Å². The zero-order chi connectivity index (χ0) is 14.8. The van der Waals surface area contributed by atoms with Crippen LogP contribution >= 0.6 is 22.6 Å². The molecule has 5 heteroatoms. The first-order chi connectivity index (χ1) is 9.46. The molecule has 0 radical (unpaired) electrons. The molecule has 0 amide bonds. The number of aromatic nitrogens is 2. The molecule has 4 nitrogen and oxygen atoms in total. The Kier molecular flexibility index (Phi) is 4.59. The van der Waals surface area contributed by atoms with Crippen LogP contribution in [0.15, 0.2) is 35.1 Å². The molecule has 0 aliphatic rings. The zero-order valence-electron chi connectivity index (χ0n) is 11.7. The largest absolute Gasteiger partial charge is 0.378 e. The predicted octanol–water partition coefficient (Wildman–Crippen LogP) is 2.85. The monoisotopic (exact) mass is 384 g/mol. The summed E-state index contributed by atoms with van der Waals surface area (Å²) in [6, 6.07) is 10.0. The minimum Gasteiger partial charge on any atom is -0.378 e. The third-order valence-electron chi connectivity index (χ3n) is 3.30. The summed E-state index contributed by atoms with van der Waals surface area (Å²) in [5, 5.41) is 0. The second-order valence-electron chi connectivity index (χ2n) is 5.10. The van der Waals surface area contributed by atoms with Gasteiger partial charge in [-0.3, -0.25) is 4.79 Å². The van der Waals surface area contributed by atoms with E-state index < -0.39 is 0 Å². The van der Waals surface area contributed by atoms with Crippen molar-refractivity contribution in [2.24, 2.45) is 0 Å². The van der Waals surface area contributed by atoms with Gasteiger partial charge in [0.2, 0.25) is 0 Å². The van der Waals surface area contributed by atoms with Gasteiger partial charge in [-0.15, -0.1) is 0 Å². The number of hydrogen-bond donors (Lipinski definition) is 1. The van der Waals surface area contributed by atoms with Crippen molar-refractivity contribution in [3.05, 3.63) is 61.3 Å². The first-order valence-corrected chi connectivity index (χ1v) is 7.38. The lowest BCUT2D eigenvalue weighted by atomic mass is 9.84. The summed E-state index contributed by atoms with van der Waals surface area (Å²) in [7, 11) is 1.60. The van der Waals surface area contributed by atoms with Crippen molar-refractivity contribution in [1.29, 1.82) is 0 Å². The van der Waals surface area contributed by atoms with Gasteiger partial charge in [0.15, 0.2) is 0 Å². The van der Waals surface area contributed by atoms with Crippen LogP contribution in [0.5, 0.6) is 0 Å². The van der Waals surface area contributed by atoms with Crippen LogP contribution in [-0.2, 0) is 16.8 Å². The van der Waals surface area contributed by atoms with E-state index >= 15 is 0 Å². The van der Waals surface area contributed by atoms with Crippen LogP contribution < -0.4 is 5.56 Å². The summed E-state index contributed by atoms with van der Waals surface area (Å²) < 4.78 is 5.70. The molecule has 0 unspecified atom stereocenters. The number of aromatic amines is 1. The molecule has 0 saturated heterocycles. The van der Waals surface area contributed by atoms with Crippen LogP contribution in [0.3, 0.4) is 0 Å². The van der Waals surface area contributed by atoms with Crippen molar-refractivity contribution in [1.82, 2.24) is 9.97 Å². The molecule has 1 aromatic heterocycles. The topological polar surface area (TPSA) is 55.0 Å². The summed E-state index contributed by atoms with van der Waals surface area (Å²) in [4.78, 5) is 19.5. The van der Waals surface area contributed by atoms with Gasteiger partial charge in [-0.1, -0.05) is 30.3 Å². The van der Waals surface area contributed by atoms with Crippen LogP contribution in [-0.4, -0.2) is 17.1 Å². The Balaban J connectivity index is 2.55. The normalized spacial score (nSPS) is 11.6. The fourth-order valence-corrected chi connectivity index (χ4v) is 2.44. The number of H-pyrrole nitrogens is 1. The molecule has 0 bridgehead atoms. The van der Waals surface area contributed by atoms with Crippen molar-refractivity contribution in [2.75, 3.05) is 7.11 Å². The molecule has 2 rings (SSSR count). The fourth-order valence-electron chi connectivity index (χ4n) is 2.03. The maximum absolute atomic E-state index is 12.1. The second kappa shape index (κ2) is 6.05. The Hall–Kier alpha value is -1.21. The number of rotatable bonds is 4. The number of hydrogen-bond acceptors (Lipinski definition) is 3. The van der Waals surface area contributed by atoms with Gasteiger partial charge in [0.1, 0.15) is 9.39 Å². The average molecular weight is 384 g/mol. The van der Waals surface area contributed by atoms with E-state index in [2.05, 4.69) is 9.97 Å². The van der Waals surface area contributed by atoms with E-state index in [9.17, 15) is 4.79 Å². The third-order valence-corrected chi connectivity index (χ3v) is 4.41. The van der Waals surface area contributed by atoms with Crippen LogP contribution in [0, 0.1) is 3.57 Å². The van der Waals surface area contributed by atoms with Gasteiger partial charge < -0.3 is 9.72 Å². The molecule has 0 fully saturated rings. The molecule has 1 heterocycles. The average Bonchev–Trinajstić information content (AvgIpc) is 2.44. The number of methoxy groups -OCH3 is 1. The number of halogens is 1. The highest BCUT2D eigenvalue weighted by Crippen LogP contribution is 2.28. The molecule has 0 aliphatic carbocycles. The van der Waals surface area contributed by atoms with Crippen molar-refractivity contribution < 1.29 is 4.74 Å². The molecule has 0 saturated carbocycles. The lowest BCUT2D eigenvalue weighted by Gasteiger charge is -2.24. The summed E-state index contributed by atoms with van der Waals surface area (Å²) in [6.07, 6.45) is 0. The molecular formula is C15H17IN2O2. The lowest BCUT2D eigenvalue weighted by molar-refractivity contribution is 0.180. The summed E-state index contributed by atoms with van der Waals surface area (Å²) in [6.45, 7) is 4.42. The van der Waals surface area contributed by atoms with Crippen LogP contribution in [0.1, 0.15) is 30.9 Å². The van der Waals surface area contributed by atoms with Gasteiger partial charge in [0.25, 0.3) is 5.56 Å². The van der Waals surface area contributed by atoms with E-state index in [4.69, 9.17) is 4.74 Å². The van der Waals surface area contributed by atoms with Crippen molar-refractivity contribution in [3.63, 3.8) is 0 Å². The van der Waals surface area contributed by atoms with Gasteiger partial charge in [0.05, 0.1) is 12.3 Å². The Labute approximate surface area is 131 Å². The molecule has 0 aliphatic heterocycles. The van der Waals surface area contributed by atoms with Crippen molar-refractivity contribution in [3.8, 4) is 0 Å². The standard InChI is InChI=1S/C15H17IN2O2/c1-15(2,10-7-5-4-6-8-10)14-17-11(9-20-3)12(16)13(19)18-14/h4-8H,9H2,1-3H3,(H,17,18,19). The van der Waals surface area contributed by atoms with Crippen LogP contribution in [0.25, 0.3) is 0 Å². The molecule has 0 atom stereocenters. The Morgan fingerprint density at radius 1 is 1.30 bits per heavy atom. The number of nitrogens with zero attached hydrogens (tertiary/aromatic N) is 1. The van der Waals surface area contributed by atoms with E-state index in [1.54, 1.807) is 7.11 Å². The Morgan fingerprint density at radius 2 is 1.95 bits per heavy atom. The highest BCUT2D eigenvalue weighted by Gasteiger charge is 2.27. The molecule has 1 aromatic carbocycles. The molecule has 2 aromatic rings. The molecule has 0 spiro atoms. The first-order valence-electron chi connectivity index (χ1n) is 6.30. The molecular weight excluding hydrogens is 367 g/mol. The third kappa shape index (κ3) is 2.93. The number of nitrogens with one attached hydrogen (secondary N) is 1. The fraction of sp³-hybridized carbons (Fsp3) is 0.333. The Morgan fingerprint density at radius 3 is 2.55 bits per heavy atom. The smallest absolute Gasteiger partial charge is 0.264 e. The molecule has 1 N–H and O–H groups in total. The van der Waals surface area contributed by atoms with Crippen molar-refractivity contribution in [2.45, 2.75) is 25.9 Å². The lowest BCUT2D eigenvalue weighted by Crippen LogP contribution is -2.28. The SMILES string of the molecule is COCc1nc(C(C)(C)c2ccccc2)[nH]c(=O)c1I. The van der Waals surface area contributed by atoms with Gasteiger partial charge in [0, 0.05) is 12.5 Å². The highest BCUT2D eigenvalue weighted by molar-refractivity contribution is 14.1. The van der Waals surface area contributed by atoms with Gasteiger partial charge >= 0.3 is 0 Å². The molecule has 20 heavy (non-hydrogen) atoms. The summed E-state index contributed by atoms with van der Waals surface area (Å²) in [5.74, 6) is 0.654. The van der Waals surface area contributed by atoms with E-state index in [-0.39, 0.29) is 11.0 Å². The van der Waals surface area contributed by atoms with E-state index in [0.29, 0.717) is 21.7 Å². The van der Waals surface area contributed by atoms with E-state index in [1.165, 1.54) is 0 Å². The minimum absolute atomic E-state index is 0.119. The van der Waals surface area contributed by atoms with Crippen molar-refractivity contribution >= 4 is 22.6 Å². The predicted molar refractivity (Wildman–Crippen MR) is 86.9 cm³/mol. The second-order valence-corrected chi connectivity index (χ2v) is 6.18. The first kappa shape index (κ1) is 15.2. The zero-order valence-corrected chi connectivity index (χ0v) is 13.9. The maximum Gasteiger partial charge on any atom is 0.264 e. The summed E-state index contributed by atoms with van der Waals surface area (Å²) in [5.41, 5.74) is 1.29. The van der Waals surface area contributed by atoms with E-state index in [0.717, 1.165) is 5.56 Å². The van der Waals surface area contributed by atoms with Crippen LogP contribution in [0.2, 0.25) is 0 Å². The summed E-state index contributed by atoms with van der Waals surface area (Å²) >= 11 is 2.00. The number of benzene rings is 1. The minimum atomic E-state index is -0.368. The Bertz CT molecular complexity index is 651.